The Morgan fingerprint density at radius 1 is 1.10 bits per heavy atom. The van der Waals surface area contributed by atoms with Crippen molar-refractivity contribution >= 4 is 5.91 Å². The Bertz CT molecular complexity index is 854. The highest BCUT2D eigenvalue weighted by Crippen LogP contribution is 2.23. The number of hydrogen-bond donors (Lipinski definition) is 0. The van der Waals surface area contributed by atoms with E-state index < -0.39 is 6.36 Å². The summed E-state index contributed by atoms with van der Waals surface area (Å²) < 4.78 is 42.4. The number of amides is 1. The average molecular weight is 410 g/mol. The highest BCUT2D eigenvalue weighted by Gasteiger charge is 2.31. The number of alkyl halides is 3. The standard InChI is InChI=1S/C20H25F3N4O2/c1-14-18(15(2)25(3)24-14)12-19(28)27-10-8-26(9-11-27)13-16-4-6-17(7-5-16)29-20(21,22)23/h4-7H,8-13H2,1-3H3. The van der Waals surface area contributed by atoms with Gasteiger partial charge in [0.25, 0.3) is 0 Å². The van der Waals surface area contributed by atoms with Crippen molar-refractivity contribution in [3.63, 3.8) is 0 Å². The van der Waals surface area contributed by atoms with Crippen LogP contribution in [0.5, 0.6) is 5.75 Å². The maximum Gasteiger partial charge on any atom is 0.573 e. The molecule has 0 radical (unpaired) electrons. The van der Waals surface area contributed by atoms with Crippen LogP contribution < -0.4 is 4.74 Å². The van der Waals surface area contributed by atoms with Gasteiger partial charge in [-0.25, -0.2) is 0 Å². The SMILES string of the molecule is Cc1nn(C)c(C)c1CC(=O)N1CCN(Cc2ccc(OC(F)(F)F)cc2)CC1. The summed E-state index contributed by atoms with van der Waals surface area (Å²) in [6.07, 6.45) is -4.33. The van der Waals surface area contributed by atoms with Gasteiger partial charge in [-0.05, 0) is 31.5 Å². The maximum atomic E-state index is 12.7. The number of aromatic nitrogens is 2. The molecule has 1 aromatic carbocycles. The Hall–Kier alpha value is -2.55. The van der Waals surface area contributed by atoms with Crippen LogP contribution in [0.3, 0.4) is 0 Å². The molecule has 6 nitrogen and oxygen atoms in total. The summed E-state index contributed by atoms with van der Waals surface area (Å²) in [5, 5.41) is 4.36. The summed E-state index contributed by atoms with van der Waals surface area (Å²) >= 11 is 0. The summed E-state index contributed by atoms with van der Waals surface area (Å²) in [6.45, 7) is 7.20. The first kappa shape index (κ1) is 21.2. The molecule has 1 aliphatic heterocycles. The molecule has 1 aromatic heterocycles. The number of piperazine rings is 1. The van der Waals surface area contributed by atoms with E-state index in [1.165, 1.54) is 12.1 Å². The van der Waals surface area contributed by atoms with Crippen molar-refractivity contribution in [1.82, 2.24) is 19.6 Å². The van der Waals surface area contributed by atoms with Gasteiger partial charge in [0.1, 0.15) is 5.75 Å². The molecule has 0 unspecified atom stereocenters. The van der Waals surface area contributed by atoms with Gasteiger partial charge in [-0.1, -0.05) is 12.1 Å². The molecule has 0 bridgehead atoms. The lowest BCUT2D eigenvalue weighted by Crippen LogP contribution is -2.48. The van der Waals surface area contributed by atoms with E-state index in [1.54, 1.807) is 16.8 Å². The van der Waals surface area contributed by atoms with Gasteiger partial charge in [-0.15, -0.1) is 13.2 Å². The van der Waals surface area contributed by atoms with Crippen LogP contribution in [0.15, 0.2) is 24.3 Å². The number of rotatable bonds is 5. The fourth-order valence-corrected chi connectivity index (χ4v) is 3.55. The van der Waals surface area contributed by atoms with E-state index in [4.69, 9.17) is 0 Å². The van der Waals surface area contributed by atoms with Gasteiger partial charge in [-0.3, -0.25) is 14.4 Å². The summed E-state index contributed by atoms with van der Waals surface area (Å²) in [4.78, 5) is 16.7. The van der Waals surface area contributed by atoms with Crippen LogP contribution in [0, 0.1) is 13.8 Å². The fourth-order valence-electron chi connectivity index (χ4n) is 3.55. The molecule has 1 saturated heterocycles. The van der Waals surface area contributed by atoms with Gasteiger partial charge in [-0.2, -0.15) is 5.10 Å². The molecule has 1 amide bonds. The topological polar surface area (TPSA) is 50.6 Å². The number of aryl methyl sites for hydroxylation is 2. The third kappa shape index (κ3) is 5.50. The van der Waals surface area contributed by atoms with E-state index >= 15 is 0 Å². The van der Waals surface area contributed by atoms with Crippen LogP contribution in [-0.2, 0) is 24.8 Å². The first-order valence-corrected chi connectivity index (χ1v) is 9.46. The molecule has 9 heteroatoms. The number of benzene rings is 1. The zero-order valence-corrected chi connectivity index (χ0v) is 16.8. The zero-order chi connectivity index (χ0) is 21.2. The minimum atomic E-state index is -4.68. The lowest BCUT2D eigenvalue weighted by molar-refractivity contribution is -0.274. The molecule has 0 aliphatic carbocycles. The Labute approximate surface area is 167 Å². The lowest BCUT2D eigenvalue weighted by atomic mass is 10.1. The smallest absolute Gasteiger partial charge is 0.406 e. The third-order valence-electron chi connectivity index (χ3n) is 5.27. The largest absolute Gasteiger partial charge is 0.573 e. The number of carbonyl (C=O) groups excluding carboxylic acids is 1. The Morgan fingerprint density at radius 3 is 2.24 bits per heavy atom. The molecular weight excluding hydrogens is 385 g/mol. The molecule has 0 spiro atoms. The fraction of sp³-hybridized carbons (Fsp3) is 0.500. The molecule has 3 rings (SSSR count). The maximum absolute atomic E-state index is 12.7. The lowest BCUT2D eigenvalue weighted by Gasteiger charge is -2.35. The minimum Gasteiger partial charge on any atom is -0.406 e. The van der Waals surface area contributed by atoms with E-state index in [0.717, 1.165) is 35.6 Å². The second kappa shape index (κ2) is 8.44. The van der Waals surface area contributed by atoms with Gasteiger partial charge in [0.2, 0.25) is 5.91 Å². The Morgan fingerprint density at radius 2 is 1.72 bits per heavy atom. The van der Waals surface area contributed by atoms with Crippen molar-refractivity contribution in [3.05, 3.63) is 46.8 Å². The second-order valence-corrected chi connectivity index (χ2v) is 7.30. The van der Waals surface area contributed by atoms with E-state index in [1.807, 2.05) is 25.8 Å². The first-order chi connectivity index (χ1) is 13.6. The molecule has 29 heavy (non-hydrogen) atoms. The van der Waals surface area contributed by atoms with Gasteiger partial charge in [0, 0.05) is 51.0 Å². The van der Waals surface area contributed by atoms with Crippen molar-refractivity contribution in [3.8, 4) is 5.75 Å². The summed E-state index contributed by atoms with van der Waals surface area (Å²) in [5.41, 5.74) is 3.78. The second-order valence-electron chi connectivity index (χ2n) is 7.30. The third-order valence-corrected chi connectivity index (χ3v) is 5.27. The van der Waals surface area contributed by atoms with Crippen molar-refractivity contribution in [2.45, 2.75) is 33.2 Å². The molecular formula is C20H25F3N4O2. The first-order valence-electron chi connectivity index (χ1n) is 9.46. The molecule has 2 aromatic rings. The molecule has 2 heterocycles. The van der Waals surface area contributed by atoms with Crippen LogP contribution in [0.4, 0.5) is 13.2 Å². The molecule has 1 aliphatic rings. The number of nitrogens with zero attached hydrogens (tertiary/aromatic N) is 4. The molecule has 1 fully saturated rings. The van der Waals surface area contributed by atoms with Crippen molar-refractivity contribution in [1.29, 1.82) is 0 Å². The van der Waals surface area contributed by atoms with E-state index in [0.29, 0.717) is 26.1 Å². The number of hydrogen-bond acceptors (Lipinski definition) is 4. The Balaban J connectivity index is 1.49. The van der Waals surface area contributed by atoms with Crippen LogP contribution in [-0.4, -0.2) is 58.0 Å². The highest BCUT2D eigenvalue weighted by atomic mass is 19.4. The van der Waals surface area contributed by atoms with Gasteiger partial charge < -0.3 is 9.64 Å². The van der Waals surface area contributed by atoms with Gasteiger partial charge in [0.15, 0.2) is 0 Å². The van der Waals surface area contributed by atoms with Crippen molar-refractivity contribution in [2.24, 2.45) is 7.05 Å². The summed E-state index contributed by atoms with van der Waals surface area (Å²) in [6, 6.07) is 5.90. The molecule has 158 valence electrons. The highest BCUT2D eigenvalue weighted by molar-refractivity contribution is 5.79. The number of carbonyl (C=O) groups is 1. The number of ether oxygens (including phenoxy) is 1. The monoisotopic (exact) mass is 410 g/mol. The van der Waals surface area contributed by atoms with Crippen molar-refractivity contribution < 1.29 is 22.7 Å². The van der Waals surface area contributed by atoms with Crippen LogP contribution in [0.1, 0.15) is 22.5 Å². The predicted octanol–water partition coefficient (Wildman–Crippen LogP) is 2.82. The van der Waals surface area contributed by atoms with Crippen molar-refractivity contribution in [2.75, 3.05) is 26.2 Å². The van der Waals surface area contributed by atoms with Gasteiger partial charge in [0.05, 0.1) is 12.1 Å². The molecule has 0 N–H and O–H groups in total. The summed E-state index contributed by atoms with van der Waals surface area (Å²) in [5.74, 6) is -0.129. The molecule has 0 saturated carbocycles. The summed E-state index contributed by atoms with van der Waals surface area (Å²) in [7, 11) is 1.87. The van der Waals surface area contributed by atoms with Crippen LogP contribution in [0.2, 0.25) is 0 Å². The normalized spacial score (nSPS) is 15.6. The Kier molecular flexibility index (Phi) is 6.16. The number of halogens is 3. The predicted molar refractivity (Wildman–Crippen MR) is 101 cm³/mol. The van der Waals surface area contributed by atoms with Gasteiger partial charge >= 0.3 is 6.36 Å². The zero-order valence-electron chi connectivity index (χ0n) is 16.8. The van der Waals surface area contributed by atoms with Crippen LogP contribution in [0.25, 0.3) is 0 Å². The van der Waals surface area contributed by atoms with E-state index in [-0.39, 0.29) is 11.7 Å². The van der Waals surface area contributed by atoms with E-state index in [2.05, 4.69) is 14.7 Å². The van der Waals surface area contributed by atoms with Crippen LogP contribution >= 0.6 is 0 Å². The van der Waals surface area contributed by atoms with E-state index in [9.17, 15) is 18.0 Å². The quantitative estimate of drug-likeness (QED) is 0.761. The minimum absolute atomic E-state index is 0.0949. The average Bonchev–Trinajstić information content (AvgIpc) is 2.89. The molecule has 0 atom stereocenters.